The van der Waals surface area contributed by atoms with E-state index in [1.54, 1.807) is 41.1 Å². The largest absolute Gasteiger partial charge is 0.402 e. The zero-order valence-electron chi connectivity index (χ0n) is 16.3. The minimum absolute atomic E-state index is 0.0926. The number of rotatable bonds is 6. The van der Waals surface area contributed by atoms with Gasteiger partial charge in [-0.2, -0.15) is 26.3 Å². The number of halogens is 4. The summed E-state index contributed by atoms with van der Waals surface area (Å²) in [5.41, 5.74) is 3.61. The second kappa shape index (κ2) is 8.24. The fourth-order valence-electron chi connectivity index (χ4n) is 3.13. The number of nitrogens with one attached hydrogen (secondary N) is 2. The molecule has 166 valence electrons. The van der Waals surface area contributed by atoms with Crippen molar-refractivity contribution in [3.05, 3.63) is 78.9 Å². The molecule has 2 heterocycles. The molecule has 32 heavy (non-hydrogen) atoms. The number of benzene rings is 2. The zero-order chi connectivity index (χ0) is 22.9. The summed E-state index contributed by atoms with van der Waals surface area (Å²) in [6.45, 7) is -1.67. The van der Waals surface area contributed by atoms with E-state index in [2.05, 4.69) is 9.71 Å². The maximum absolute atomic E-state index is 13.2. The Hall–Kier alpha value is -3.44. The van der Waals surface area contributed by atoms with Crippen molar-refractivity contribution in [3.8, 4) is 22.4 Å². The Morgan fingerprint density at radius 3 is 2.41 bits per heavy atom. The molecule has 0 bridgehead atoms. The maximum atomic E-state index is 13.2. The highest BCUT2D eigenvalue weighted by molar-refractivity contribution is 7.90. The van der Waals surface area contributed by atoms with E-state index >= 15 is 0 Å². The third kappa shape index (κ3) is 5.06. The molecule has 0 saturated heterocycles. The van der Waals surface area contributed by atoms with Gasteiger partial charge in [-0.15, -0.1) is 0 Å². The van der Waals surface area contributed by atoms with Crippen LogP contribution in [0.25, 0.3) is 28.0 Å². The SMILES string of the molecule is O=S(=O)(NCC(F)(F)F)Nc1cccc(-c2cnc3cc(-c4ccc(F)cc4)ccn23)c1. The molecule has 0 saturated carbocycles. The van der Waals surface area contributed by atoms with Crippen LogP contribution in [0.3, 0.4) is 0 Å². The van der Waals surface area contributed by atoms with E-state index in [0.29, 0.717) is 16.9 Å². The molecule has 6 nitrogen and oxygen atoms in total. The number of alkyl halides is 3. The zero-order valence-corrected chi connectivity index (χ0v) is 17.1. The standard InChI is InChI=1S/C21H16F4N4O2S/c22-17-6-4-14(5-7-17)15-8-9-29-19(12-26-20(29)11-15)16-2-1-3-18(10-16)28-32(30,31)27-13-21(23,24)25/h1-12,27-28H,13H2. The van der Waals surface area contributed by atoms with E-state index < -0.39 is 22.9 Å². The van der Waals surface area contributed by atoms with Crippen molar-refractivity contribution in [1.29, 1.82) is 0 Å². The Morgan fingerprint density at radius 1 is 0.938 bits per heavy atom. The topological polar surface area (TPSA) is 75.5 Å². The number of nitrogens with zero attached hydrogens (tertiary/aromatic N) is 2. The first-order chi connectivity index (χ1) is 15.1. The van der Waals surface area contributed by atoms with Gasteiger partial charge < -0.3 is 0 Å². The van der Waals surface area contributed by atoms with Crippen LogP contribution >= 0.6 is 0 Å². The average Bonchev–Trinajstić information content (AvgIpc) is 3.16. The van der Waals surface area contributed by atoms with Crippen LogP contribution in [0.5, 0.6) is 0 Å². The van der Waals surface area contributed by atoms with E-state index in [-0.39, 0.29) is 11.5 Å². The van der Waals surface area contributed by atoms with Gasteiger partial charge in [0.05, 0.1) is 17.6 Å². The van der Waals surface area contributed by atoms with Gasteiger partial charge in [-0.1, -0.05) is 24.3 Å². The molecule has 4 aromatic rings. The first kappa shape index (κ1) is 21.8. The monoisotopic (exact) mass is 464 g/mol. The van der Waals surface area contributed by atoms with Crippen molar-refractivity contribution < 1.29 is 26.0 Å². The Labute approximate surface area is 180 Å². The lowest BCUT2D eigenvalue weighted by Gasteiger charge is -2.12. The van der Waals surface area contributed by atoms with Crippen molar-refractivity contribution in [2.24, 2.45) is 0 Å². The third-order valence-electron chi connectivity index (χ3n) is 4.56. The minimum atomic E-state index is -4.67. The van der Waals surface area contributed by atoms with Crippen LogP contribution in [0.1, 0.15) is 0 Å². The Balaban J connectivity index is 1.60. The van der Waals surface area contributed by atoms with Crippen LogP contribution < -0.4 is 9.44 Å². The Kier molecular flexibility index (Phi) is 5.61. The molecule has 4 rings (SSSR count). The maximum Gasteiger partial charge on any atom is 0.402 e. The number of anilines is 1. The van der Waals surface area contributed by atoms with Crippen LogP contribution in [0.2, 0.25) is 0 Å². The highest BCUT2D eigenvalue weighted by Gasteiger charge is 2.29. The number of pyridine rings is 1. The summed E-state index contributed by atoms with van der Waals surface area (Å²) in [6.07, 6.45) is -1.29. The molecular weight excluding hydrogens is 448 g/mol. The molecule has 11 heteroatoms. The molecule has 0 spiro atoms. The molecule has 0 amide bonds. The van der Waals surface area contributed by atoms with Gasteiger partial charge in [0.1, 0.15) is 18.0 Å². The van der Waals surface area contributed by atoms with Crippen molar-refractivity contribution >= 4 is 21.5 Å². The molecule has 2 aromatic carbocycles. The summed E-state index contributed by atoms with van der Waals surface area (Å²) >= 11 is 0. The highest BCUT2D eigenvalue weighted by Crippen LogP contribution is 2.27. The summed E-state index contributed by atoms with van der Waals surface area (Å²) in [7, 11) is -4.40. The highest BCUT2D eigenvalue weighted by atomic mass is 32.2. The van der Waals surface area contributed by atoms with Crippen molar-refractivity contribution in [2.75, 3.05) is 11.3 Å². The molecular formula is C21H16F4N4O2S. The lowest BCUT2D eigenvalue weighted by atomic mass is 10.1. The number of fused-ring (bicyclic) bond motifs is 1. The summed E-state index contributed by atoms with van der Waals surface area (Å²) in [5.74, 6) is -0.331. The number of aromatic nitrogens is 2. The minimum Gasteiger partial charge on any atom is -0.300 e. The molecule has 0 aliphatic carbocycles. The first-order valence-electron chi connectivity index (χ1n) is 9.27. The van der Waals surface area contributed by atoms with Crippen molar-refractivity contribution in [2.45, 2.75) is 6.18 Å². The van der Waals surface area contributed by atoms with Crippen LogP contribution in [-0.4, -0.2) is 30.5 Å². The molecule has 0 radical (unpaired) electrons. The Bertz CT molecular complexity index is 1370. The predicted octanol–water partition coefficient (Wildman–Crippen LogP) is 4.62. The molecule has 0 fully saturated rings. The van der Waals surface area contributed by atoms with Gasteiger partial charge >= 0.3 is 6.18 Å². The third-order valence-corrected chi connectivity index (χ3v) is 5.59. The van der Waals surface area contributed by atoms with Gasteiger partial charge in [0.15, 0.2) is 0 Å². The van der Waals surface area contributed by atoms with Crippen molar-refractivity contribution in [3.63, 3.8) is 0 Å². The van der Waals surface area contributed by atoms with Gasteiger partial charge in [-0.05, 0) is 47.5 Å². The molecule has 2 N–H and O–H groups in total. The van der Waals surface area contributed by atoms with E-state index in [1.165, 1.54) is 29.0 Å². The Morgan fingerprint density at radius 2 is 1.69 bits per heavy atom. The average molecular weight is 464 g/mol. The quantitative estimate of drug-likeness (QED) is 0.409. The molecule has 0 aliphatic heterocycles. The number of imidazole rings is 1. The second-order valence-electron chi connectivity index (χ2n) is 6.92. The molecule has 0 atom stereocenters. The lowest BCUT2D eigenvalue weighted by Crippen LogP contribution is -2.37. The summed E-state index contributed by atoms with van der Waals surface area (Å²) in [4.78, 5) is 4.37. The number of hydrogen-bond donors (Lipinski definition) is 2. The van der Waals surface area contributed by atoms with Gasteiger partial charge in [0.2, 0.25) is 0 Å². The number of hydrogen-bond acceptors (Lipinski definition) is 3. The predicted molar refractivity (Wildman–Crippen MR) is 113 cm³/mol. The van der Waals surface area contributed by atoms with E-state index in [4.69, 9.17) is 0 Å². The van der Waals surface area contributed by atoms with Gasteiger partial charge in [0.25, 0.3) is 10.2 Å². The lowest BCUT2D eigenvalue weighted by molar-refractivity contribution is -0.121. The summed E-state index contributed by atoms with van der Waals surface area (Å²) in [5, 5.41) is 0. The second-order valence-corrected chi connectivity index (χ2v) is 8.42. The normalized spacial score (nSPS) is 12.2. The molecule has 0 unspecified atom stereocenters. The van der Waals surface area contributed by atoms with E-state index in [9.17, 15) is 26.0 Å². The van der Waals surface area contributed by atoms with Gasteiger partial charge in [-0.25, -0.2) is 9.37 Å². The van der Waals surface area contributed by atoms with Crippen LogP contribution in [-0.2, 0) is 10.2 Å². The van der Waals surface area contributed by atoms with Crippen LogP contribution in [0.15, 0.2) is 73.1 Å². The van der Waals surface area contributed by atoms with Gasteiger partial charge in [0, 0.05) is 11.8 Å². The fraction of sp³-hybridized carbons (Fsp3) is 0.0952. The summed E-state index contributed by atoms with van der Waals surface area (Å²) in [6, 6.07) is 15.9. The van der Waals surface area contributed by atoms with E-state index in [1.807, 2.05) is 12.1 Å². The molecule has 0 aliphatic rings. The fourth-order valence-corrected chi connectivity index (χ4v) is 3.99. The molecule has 2 aromatic heterocycles. The van der Waals surface area contributed by atoms with Crippen molar-refractivity contribution in [1.82, 2.24) is 14.1 Å². The smallest absolute Gasteiger partial charge is 0.300 e. The van der Waals surface area contributed by atoms with Gasteiger partial charge in [-0.3, -0.25) is 9.12 Å². The van der Waals surface area contributed by atoms with E-state index in [0.717, 1.165) is 11.1 Å². The van der Waals surface area contributed by atoms with Crippen LogP contribution in [0.4, 0.5) is 23.2 Å². The van der Waals surface area contributed by atoms with Crippen LogP contribution in [0, 0.1) is 5.82 Å². The summed E-state index contributed by atoms with van der Waals surface area (Å²) < 4.78 is 79.1. The first-order valence-corrected chi connectivity index (χ1v) is 10.8.